The lowest BCUT2D eigenvalue weighted by molar-refractivity contribution is 0.867. The molecule has 2 aromatic rings. The van der Waals surface area contributed by atoms with Crippen molar-refractivity contribution in [3.63, 3.8) is 0 Å². The summed E-state index contributed by atoms with van der Waals surface area (Å²) >= 11 is 0. The molecular weight excluding hydrogens is 174 g/mol. The first-order chi connectivity index (χ1) is 6.92. The second-order valence-corrected chi connectivity index (χ2v) is 2.71. The minimum atomic E-state index is 0.659. The highest BCUT2D eigenvalue weighted by Gasteiger charge is 2.04. The van der Waals surface area contributed by atoms with E-state index in [1.54, 1.807) is 0 Å². The van der Waals surface area contributed by atoms with E-state index < -0.39 is 0 Å². The zero-order chi connectivity index (χ0) is 9.80. The van der Waals surface area contributed by atoms with Crippen molar-refractivity contribution in [3.8, 4) is 23.6 Å². The summed E-state index contributed by atoms with van der Waals surface area (Å²) in [5.74, 6) is 2.53. The van der Waals surface area contributed by atoms with E-state index in [2.05, 4.69) is 21.3 Å². The van der Waals surface area contributed by atoms with Crippen LogP contribution in [-0.2, 0) is 0 Å². The molecule has 0 N–H and O–H groups in total. The Morgan fingerprint density at radius 1 is 1.14 bits per heavy atom. The molecule has 14 heavy (non-hydrogen) atoms. The molecule has 0 atom stereocenters. The van der Waals surface area contributed by atoms with Crippen molar-refractivity contribution < 1.29 is 0 Å². The Morgan fingerprint density at radius 2 is 1.93 bits per heavy atom. The van der Waals surface area contributed by atoms with Crippen LogP contribution in [0.3, 0.4) is 0 Å². The molecule has 0 unspecified atom stereocenters. The molecule has 0 aliphatic heterocycles. The maximum absolute atomic E-state index is 5.33. The maximum atomic E-state index is 5.33. The Kier molecular flexibility index (Phi) is 2.20. The molecule has 0 radical (unpaired) electrons. The van der Waals surface area contributed by atoms with Gasteiger partial charge in [0.2, 0.25) is 0 Å². The van der Waals surface area contributed by atoms with Gasteiger partial charge in [-0.25, -0.2) is 0 Å². The van der Waals surface area contributed by atoms with E-state index in [-0.39, 0.29) is 0 Å². The van der Waals surface area contributed by atoms with Gasteiger partial charge in [0.15, 0.2) is 0 Å². The van der Waals surface area contributed by atoms with Crippen molar-refractivity contribution in [2.45, 2.75) is 0 Å². The van der Waals surface area contributed by atoms with Crippen molar-refractivity contribution in [1.82, 2.24) is 15.4 Å². The molecule has 2 rings (SSSR count). The zero-order valence-corrected chi connectivity index (χ0v) is 7.38. The molecule has 0 saturated heterocycles. The van der Waals surface area contributed by atoms with Gasteiger partial charge < -0.3 is 0 Å². The minimum absolute atomic E-state index is 0.659. The Balaban J connectivity index is 2.58. The van der Waals surface area contributed by atoms with E-state index in [0.717, 1.165) is 5.56 Å². The molecule has 3 heteroatoms. The molecule has 1 aromatic carbocycles. The highest BCUT2D eigenvalue weighted by molar-refractivity contribution is 5.65. The van der Waals surface area contributed by atoms with Gasteiger partial charge in [0.25, 0.3) is 0 Å². The van der Waals surface area contributed by atoms with Crippen LogP contribution < -0.4 is 0 Å². The summed E-state index contributed by atoms with van der Waals surface area (Å²) in [5.41, 5.74) is 2.31. The van der Waals surface area contributed by atoms with Crippen molar-refractivity contribution in [2.24, 2.45) is 0 Å². The fourth-order valence-electron chi connectivity index (χ4n) is 1.18. The fourth-order valence-corrected chi connectivity index (χ4v) is 1.18. The van der Waals surface area contributed by atoms with E-state index in [1.807, 2.05) is 30.3 Å². The van der Waals surface area contributed by atoms with Gasteiger partial charge in [-0.05, 0) is 5.21 Å². The molecule has 0 aliphatic carbocycles. The average molecular weight is 181 g/mol. The van der Waals surface area contributed by atoms with E-state index in [9.17, 15) is 0 Å². The Bertz CT molecular complexity index is 471. The predicted molar refractivity (Wildman–Crippen MR) is 53.2 cm³/mol. The Morgan fingerprint density at radius 3 is 2.64 bits per heavy atom. The maximum Gasteiger partial charge on any atom is 0.112 e. The molecule has 66 valence electrons. The molecular formula is C11H7N3. The molecule has 0 spiro atoms. The second-order valence-electron chi connectivity index (χ2n) is 2.71. The fraction of sp³-hybridized carbons (Fsp3) is 0. The smallest absolute Gasteiger partial charge is 0.112 e. The molecule has 0 aliphatic rings. The van der Waals surface area contributed by atoms with Crippen LogP contribution in [0.15, 0.2) is 36.5 Å². The molecule has 0 saturated carbocycles. The molecule has 0 amide bonds. The zero-order valence-electron chi connectivity index (χ0n) is 7.38. The number of terminal acetylenes is 1. The molecule has 1 aromatic heterocycles. The highest BCUT2D eigenvalue weighted by atomic mass is 15.3. The van der Waals surface area contributed by atoms with E-state index in [4.69, 9.17) is 6.42 Å². The predicted octanol–water partition coefficient (Wildman–Crippen LogP) is 1.52. The first-order valence-electron chi connectivity index (χ1n) is 4.12. The summed E-state index contributed by atoms with van der Waals surface area (Å²) < 4.78 is 0. The quantitative estimate of drug-likeness (QED) is 0.626. The molecule has 0 bridgehead atoms. The van der Waals surface area contributed by atoms with E-state index in [1.165, 1.54) is 6.20 Å². The minimum Gasteiger partial charge on any atom is -0.137 e. The van der Waals surface area contributed by atoms with Gasteiger partial charge in [0.05, 0.1) is 11.8 Å². The Hall–Kier alpha value is -2.21. The lowest BCUT2D eigenvalue weighted by atomic mass is 10.1. The summed E-state index contributed by atoms with van der Waals surface area (Å²) in [5, 5.41) is 11.1. The van der Waals surface area contributed by atoms with Gasteiger partial charge in [-0.15, -0.1) is 16.6 Å². The van der Waals surface area contributed by atoms with Gasteiger partial charge in [-0.3, -0.25) is 0 Å². The first-order valence-corrected chi connectivity index (χ1v) is 4.12. The number of aromatic nitrogens is 3. The Labute approximate surface area is 81.8 Å². The van der Waals surface area contributed by atoms with Crippen LogP contribution in [0, 0.1) is 12.3 Å². The number of rotatable bonds is 1. The number of nitrogens with zero attached hydrogens (tertiary/aromatic N) is 3. The van der Waals surface area contributed by atoms with Crippen LogP contribution in [-0.4, -0.2) is 15.4 Å². The molecule has 3 nitrogen and oxygen atoms in total. The molecule has 1 heterocycles. The van der Waals surface area contributed by atoms with Crippen LogP contribution in [0.1, 0.15) is 5.56 Å². The average Bonchev–Trinajstić information content (AvgIpc) is 2.30. The third-order valence-electron chi connectivity index (χ3n) is 1.84. The summed E-state index contributed by atoms with van der Waals surface area (Å²) in [6.07, 6.45) is 6.87. The van der Waals surface area contributed by atoms with E-state index in [0.29, 0.717) is 11.3 Å². The number of hydrogen-bond donors (Lipinski definition) is 0. The van der Waals surface area contributed by atoms with Crippen LogP contribution >= 0.6 is 0 Å². The number of hydrogen-bond acceptors (Lipinski definition) is 3. The van der Waals surface area contributed by atoms with Gasteiger partial charge in [0, 0.05) is 5.56 Å². The molecule has 0 fully saturated rings. The lowest BCUT2D eigenvalue weighted by Crippen LogP contribution is -1.94. The van der Waals surface area contributed by atoms with Crippen molar-refractivity contribution in [2.75, 3.05) is 0 Å². The topological polar surface area (TPSA) is 38.7 Å². The van der Waals surface area contributed by atoms with Gasteiger partial charge in [-0.1, -0.05) is 36.3 Å². The van der Waals surface area contributed by atoms with Crippen LogP contribution in [0.25, 0.3) is 11.3 Å². The SMILES string of the molecule is C#Cc1cnnnc1-c1ccccc1. The van der Waals surface area contributed by atoms with Gasteiger partial charge in [0.1, 0.15) is 5.69 Å². The summed E-state index contributed by atoms with van der Waals surface area (Å²) in [7, 11) is 0. The van der Waals surface area contributed by atoms with Gasteiger partial charge in [-0.2, -0.15) is 0 Å². The van der Waals surface area contributed by atoms with E-state index >= 15 is 0 Å². The highest BCUT2D eigenvalue weighted by Crippen LogP contribution is 2.17. The first kappa shape index (κ1) is 8.39. The van der Waals surface area contributed by atoms with Crippen LogP contribution in [0.5, 0.6) is 0 Å². The largest absolute Gasteiger partial charge is 0.137 e. The van der Waals surface area contributed by atoms with Gasteiger partial charge >= 0.3 is 0 Å². The summed E-state index contributed by atoms with van der Waals surface area (Å²) in [6, 6.07) is 9.67. The normalized spacial score (nSPS) is 9.36. The van der Waals surface area contributed by atoms with Crippen molar-refractivity contribution in [1.29, 1.82) is 0 Å². The standard InChI is InChI=1S/C11H7N3/c1-2-9-8-12-14-13-11(9)10-6-4-3-5-7-10/h1,3-8H. The third-order valence-corrected chi connectivity index (χ3v) is 1.84. The summed E-state index contributed by atoms with van der Waals surface area (Å²) in [4.78, 5) is 0. The summed E-state index contributed by atoms with van der Waals surface area (Å²) in [6.45, 7) is 0. The second kappa shape index (κ2) is 3.67. The van der Waals surface area contributed by atoms with Crippen molar-refractivity contribution >= 4 is 0 Å². The monoisotopic (exact) mass is 181 g/mol. The van der Waals surface area contributed by atoms with Crippen LogP contribution in [0.2, 0.25) is 0 Å². The lowest BCUT2D eigenvalue weighted by Gasteiger charge is -2.00. The third kappa shape index (κ3) is 1.46. The van der Waals surface area contributed by atoms with Crippen LogP contribution in [0.4, 0.5) is 0 Å². The number of benzene rings is 1. The van der Waals surface area contributed by atoms with Crippen molar-refractivity contribution in [3.05, 3.63) is 42.1 Å².